The number of benzene rings is 2. The van der Waals surface area contributed by atoms with Gasteiger partial charge in [0.15, 0.2) is 0 Å². The first-order chi connectivity index (χ1) is 10.9. The zero-order valence-corrected chi connectivity index (χ0v) is 14.3. The van der Waals surface area contributed by atoms with Gasteiger partial charge in [-0.25, -0.2) is 0 Å². The van der Waals surface area contributed by atoms with Crippen LogP contribution in [0.1, 0.15) is 6.92 Å². The lowest BCUT2D eigenvalue weighted by atomic mass is 10.2. The Bertz CT molecular complexity index is 738. The lowest BCUT2D eigenvalue weighted by Gasteiger charge is -2.13. The number of nitrogens with zero attached hydrogens (tertiary/aromatic N) is 1. The molecule has 0 aliphatic heterocycles. The number of hydrogen-bond donors (Lipinski definition) is 1. The van der Waals surface area contributed by atoms with Crippen molar-refractivity contribution in [1.82, 2.24) is 0 Å². The molecule has 1 amide bonds. The van der Waals surface area contributed by atoms with E-state index in [9.17, 15) is 14.9 Å². The molecule has 1 N–H and O–H groups in total. The van der Waals surface area contributed by atoms with Crippen molar-refractivity contribution in [1.29, 1.82) is 0 Å². The van der Waals surface area contributed by atoms with Crippen LogP contribution in [0.15, 0.2) is 47.4 Å². The number of nitro groups is 1. The van der Waals surface area contributed by atoms with E-state index >= 15 is 0 Å². The summed E-state index contributed by atoms with van der Waals surface area (Å²) in [5.41, 5.74) is 0.0807. The number of anilines is 1. The fraction of sp³-hybridized carbons (Fsp3) is 0.133. The molecule has 0 bridgehead atoms. The molecule has 0 aliphatic rings. The Morgan fingerprint density at radius 3 is 2.48 bits per heavy atom. The van der Waals surface area contributed by atoms with Gasteiger partial charge in [-0.2, -0.15) is 0 Å². The van der Waals surface area contributed by atoms with Crippen LogP contribution in [-0.4, -0.2) is 16.1 Å². The normalized spacial score (nSPS) is 11.8. The monoisotopic (exact) mass is 370 g/mol. The van der Waals surface area contributed by atoms with Crippen molar-refractivity contribution in [2.45, 2.75) is 17.1 Å². The molecule has 0 saturated heterocycles. The van der Waals surface area contributed by atoms with E-state index in [1.165, 1.54) is 30.0 Å². The summed E-state index contributed by atoms with van der Waals surface area (Å²) in [4.78, 5) is 23.4. The number of nitrogens with one attached hydrogen (secondary N) is 1. The smallest absolute Gasteiger partial charge is 0.271 e. The molecular weight excluding hydrogens is 359 g/mol. The molecule has 0 heterocycles. The second kappa shape index (κ2) is 7.68. The van der Waals surface area contributed by atoms with E-state index in [2.05, 4.69) is 5.32 Å². The number of thioether (sulfide) groups is 1. The number of carbonyl (C=O) groups is 1. The largest absolute Gasteiger partial charge is 0.324 e. The third kappa shape index (κ3) is 4.86. The Labute approximate surface area is 147 Å². The van der Waals surface area contributed by atoms with E-state index in [4.69, 9.17) is 23.2 Å². The zero-order chi connectivity index (χ0) is 17.0. The van der Waals surface area contributed by atoms with Crippen LogP contribution in [0.25, 0.3) is 0 Å². The van der Waals surface area contributed by atoms with E-state index in [-0.39, 0.29) is 22.3 Å². The minimum atomic E-state index is -0.544. The summed E-state index contributed by atoms with van der Waals surface area (Å²) >= 11 is 13.1. The fourth-order valence-electron chi connectivity index (χ4n) is 1.73. The van der Waals surface area contributed by atoms with Crippen molar-refractivity contribution in [3.63, 3.8) is 0 Å². The summed E-state index contributed by atoms with van der Waals surface area (Å²) in [5.74, 6) is -0.299. The highest BCUT2D eigenvalue weighted by molar-refractivity contribution is 8.00. The van der Waals surface area contributed by atoms with Crippen molar-refractivity contribution in [2.75, 3.05) is 5.32 Å². The summed E-state index contributed by atoms with van der Waals surface area (Å²) in [6, 6.07) is 11.0. The van der Waals surface area contributed by atoms with Crippen molar-refractivity contribution in [3.05, 3.63) is 62.6 Å². The first-order valence-corrected chi connectivity index (χ1v) is 8.17. The van der Waals surface area contributed by atoms with E-state index < -0.39 is 10.2 Å². The maximum atomic E-state index is 12.2. The van der Waals surface area contributed by atoms with Gasteiger partial charge < -0.3 is 5.32 Å². The highest BCUT2D eigenvalue weighted by Gasteiger charge is 2.17. The molecule has 0 saturated carbocycles. The maximum Gasteiger partial charge on any atom is 0.271 e. The third-order valence-electron chi connectivity index (χ3n) is 2.91. The molecule has 0 aromatic heterocycles. The molecule has 0 fully saturated rings. The van der Waals surface area contributed by atoms with Crippen molar-refractivity contribution in [3.8, 4) is 0 Å². The minimum absolute atomic E-state index is 0.136. The minimum Gasteiger partial charge on any atom is -0.324 e. The Morgan fingerprint density at radius 1 is 1.22 bits per heavy atom. The van der Waals surface area contributed by atoms with Gasteiger partial charge >= 0.3 is 0 Å². The lowest BCUT2D eigenvalue weighted by molar-refractivity contribution is -0.384. The first-order valence-electron chi connectivity index (χ1n) is 6.54. The van der Waals surface area contributed by atoms with Crippen LogP contribution in [0.3, 0.4) is 0 Å². The Morgan fingerprint density at radius 2 is 1.87 bits per heavy atom. The lowest BCUT2D eigenvalue weighted by Crippen LogP contribution is -2.22. The molecule has 0 spiro atoms. The highest BCUT2D eigenvalue weighted by Crippen LogP contribution is 2.29. The third-order valence-corrected chi connectivity index (χ3v) is 4.61. The molecule has 8 heteroatoms. The molecule has 1 atom stereocenters. The second-order valence-corrected chi connectivity index (χ2v) is 6.88. The van der Waals surface area contributed by atoms with Crippen LogP contribution in [-0.2, 0) is 4.79 Å². The summed E-state index contributed by atoms with van der Waals surface area (Å²) in [5, 5.41) is 13.9. The first kappa shape index (κ1) is 17.6. The van der Waals surface area contributed by atoms with E-state index in [0.29, 0.717) is 5.02 Å². The molecule has 23 heavy (non-hydrogen) atoms. The van der Waals surface area contributed by atoms with E-state index in [1.54, 1.807) is 19.1 Å². The van der Waals surface area contributed by atoms with Gasteiger partial charge in [-0.3, -0.25) is 14.9 Å². The van der Waals surface area contributed by atoms with Crippen LogP contribution in [0.4, 0.5) is 11.4 Å². The second-order valence-electron chi connectivity index (χ2n) is 4.62. The van der Waals surface area contributed by atoms with Crippen molar-refractivity contribution < 1.29 is 9.72 Å². The predicted molar refractivity (Wildman–Crippen MR) is 93.5 cm³/mol. The van der Waals surface area contributed by atoms with Gasteiger partial charge in [0.2, 0.25) is 5.91 Å². The van der Waals surface area contributed by atoms with Gasteiger partial charge in [0.1, 0.15) is 0 Å². The quantitative estimate of drug-likeness (QED) is 0.455. The number of rotatable bonds is 5. The Balaban J connectivity index is 2.07. The molecule has 2 aromatic carbocycles. The van der Waals surface area contributed by atoms with Crippen LogP contribution >= 0.6 is 35.0 Å². The molecule has 0 radical (unpaired) electrons. The van der Waals surface area contributed by atoms with Crippen LogP contribution in [0.5, 0.6) is 0 Å². The Hall–Kier alpha value is -1.76. The van der Waals surface area contributed by atoms with Gasteiger partial charge in [-0.1, -0.05) is 23.2 Å². The number of non-ortho nitro benzene ring substituents is 1. The topological polar surface area (TPSA) is 72.2 Å². The van der Waals surface area contributed by atoms with Crippen molar-refractivity contribution in [2.24, 2.45) is 0 Å². The molecule has 2 rings (SSSR count). The molecule has 0 unspecified atom stereocenters. The standard InChI is InChI=1S/C15H12Cl2N2O3S/c1-9(23-12-5-2-10(16)3-6-12)15(20)18-14-8-11(19(21)22)4-7-13(14)17/h2-9H,1H3,(H,18,20)/t9-/m1/s1. The zero-order valence-electron chi connectivity index (χ0n) is 12.0. The average molecular weight is 371 g/mol. The van der Waals surface area contributed by atoms with Crippen LogP contribution in [0.2, 0.25) is 10.0 Å². The summed E-state index contributed by atoms with van der Waals surface area (Å²) in [6.07, 6.45) is 0. The molecule has 120 valence electrons. The van der Waals surface area contributed by atoms with Gasteiger partial charge in [0, 0.05) is 22.1 Å². The number of hydrogen-bond acceptors (Lipinski definition) is 4. The van der Waals surface area contributed by atoms with Crippen LogP contribution in [0, 0.1) is 10.1 Å². The average Bonchev–Trinajstić information content (AvgIpc) is 2.51. The number of amides is 1. The van der Waals surface area contributed by atoms with Gasteiger partial charge in [-0.15, -0.1) is 11.8 Å². The predicted octanol–water partition coefficient (Wildman–Crippen LogP) is 5.02. The summed E-state index contributed by atoms with van der Waals surface area (Å²) < 4.78 is 0. The van der Waals surface area contributed by atoms with Gasteiger partial charge in [-0.05, 0) is 37.3 Å². The Kier molecular flexibility index (Phi) is 5.87. The number of nitro benzene ring substituents is 1. The van der Waals surface area contributed by atoms with Crippen LogP contribution < -0.4 is 5.32 Å². The molecular formula is C15H12Cl2N2O3S. The summed E-state index contributed by atoms with van der Waals surface area (Å²) in [7, 11) is 0. The summed E-state index contributed by atoms with van der Waals surface area (Å²) in [6.45, 7) is 1.74. The van der Waals surface area contributed by atoms with Gasteiger partial charge in [0.05, 0.1) is 20.9 Å². The SMILES string of the molecule is C[C@@H](Sc1ccc(Cl)cc1)C(=O)Nc1cc([N+](=O)[O-])ccc1Cl. The molecule has 2 aromatic rings. The number of halogens is 2. The maximum absolute atomic E-state index is 12.2. The highest BCUT2D eigenvalue weighted by atomic mass is 35.5. The molecule has 0 aliphatic carbocycles. The van der Waals surface area contributed by atoms with E-state index in [1.807, 2.05) is 12.1 Å². The fourth-order valence-corrected chi connectivity index (χ4v) is 2.89. The number of carbonyl (C=O) groups excluding carboxylic acids is 1. The van der Waals surface area contributed by atoms with E-state index in [0.717, 1.165) is 4.90 Å². The van der Waals surface area contributed by atoms with Gasteiger partial charge in [0.25, 0.3) is 5.69 Å². The molecule has 5 nitrogen and oxygen atoms in total. The van der Waals surface area contributed by atoms with Crippen molar-refractivity contribution >= 4 is 52.2 Å².